The van der Waals surface area contributed by atoms with E-state index in [9.17, 15) is 18.3 Å². The number of aliphatic hydroxyl groups excluding tert-OH is 2. The smallest absolute Gasteiger partial charge is 0.251 e. The summed E-state index contributed by atoms with van der Waals surface area (Å²) >= 11 is 0. The highest BCUT2D eigenvalue weighted by Gasteiger charge is 2.16. The first-order valence-corrected chi connectivity index (χ1v) is 8.63. The van der Waals surface area contributed by atoms with Crippen molar-refractivity contribution in [2.75, 3.05) is 32.9 Å². The van der Waals surface area contributed by atoms with Gasteiger partial charge < -0.3 is 20.3 Å². The molecule has 4 N–H and O–H groups in total. The van der Waals surface area contributed by atoms with Gasteiger partial charge in [-0.05, 0) is 31.2 Å². The molecule has 8 nitrogen and oxygen atoms in total. The van der Waals surface area contributed by atoms with Gasteiger partial charge in [0, 0.05) is 25.3 Å². The summed E-state index contributed by atoms with van der Waals surface area (Å²) in [6, 6.07) is 5.34. The van der Waals surface area contributed by atoms with Crippen LogP contribution < -0.4 is 10.0 Å². The topological polar surface area (TPSA) is 125 Å². The molecule has 0 saturated heterocycles. The molecule has 1 rings (SSSR count). The van der Waals surface area contributed by atoms with Crippen molar-refractivity contribution in [3.05, 3.63) is 29.8 Å². The van der Waals surface area contributed by atoms with Crippen molar-refractivity contribution < 1.29 is 28.2 Å². The molecular formula is C14H22N2O6S. The number of amides is 1. The Morgan fingerprint density at radius 1 is 1.30 bits per heavy atom. The van der Waals surface area contributed by atoms with Crippen molar-refractivity contribution in [1.82, 2.24) is 10.0 Å². The average Bonchev–Trinajstić information content (AvgIpc) is 2.56. The zero-order valence-corrected chi connectivity index (χ0v) is 13.7. The summed E-state index contributed by atoms with van der Waals surface area (Å²) in [4.78, 5) is 11.6. The molecule has 1 aromatic rings. The van der Waals surface area contributed by atoms with E-state index < -0.39 is 22.0 Å². The van der Waals surface area contributed by atoms with E-state index in [1.54, 1.807) is 6.92 Å². The van der Waals surface area contributed by atoms with Gasteiger partial charge in [0.1, 0.15) is 0 Å². The van der Waals surface area contributed by atoms with Crippen LogP contribution in [-0.2, 0) is 14.8 Å². The number of carbonyl (C=O) groups excluding carboxylic acids is 1. The van der Waals surface area contributed by atoms with Gasteiger partial charge in [-0.1, -0.05) is 0 Å². The fourth-order valence-corrected chi connectivity index (χ4v) is 2.73. The van der Waals surface area contributed by atoms with Gasteiger partial charge in [0.15, 0.2) is 0 Å². The molecule has 0 fully saturated rings. The Labute approximate surface area is 135 Å². The molecule has 9 heteroatoms. The summed E-state index contributed by atoms with van der Waals surface area (Å²) < 4.78 is 31.4. The maximum Gasteiger partial charge on any atom is 0.251 e. The molecule has 130 valence electrons. The minimum atomic E-state index is -3.78. The first kappa shape index (κ1) is 19.5. The highest BCUT2D eigenvalue weighted by atomic mass is 32.2. The first-order valence-electron chi connectivity index (χ1n) is 7.15. The molecule has 23 heavy (non-hydrogen) atoms. The summed E-state index contributed by atoms with van der Waals surface area (Å²) in [7, 11) is -3.78. The van der Waals surface area contributed by atoms with Crippen LogP contribution in [0.15, 0.2) is 29.2 Å². The molecule has 0 aliphatic heterocycles. The van der Waals surface area contributed by atoms with Crippen LogP contribution in [-0.4, -0.2) is 63.6 Å². The van der Waals surface area contributed by atoms with Crippen molar-refractivity contribution in [3.63, 3.8) is 0 Å². The van der Waals surface area contributed by atoms with E-state index >= 15 is 0 Å². The Hall–Kier alpha value is -1.52. The van der Waals surface area contributed by atoms with Crippen molar-refractivity contribution >= 4 is 15.9 Å². The van der Waals surface area contributed by atoms with Crippen LogP contribution in [0, 0.1) is 0 Å². The molecule has 0 aliphatic carbocycles. The van der Waals surface area contributed by atoms with Gasteiger partial charge in [-0.2, -0.15) is 0 Å². The van der Waals surface area contributed by atoms with E-state index in [1.165, 1.54) is 24.3 Å². The van der Waals surface area contributed by atoms with Crippen LogP contribution in [0.4, 0.5) is 0 Å². The predicted octanol–water partition coefficient (Wildman–Crippen LogP) is -0.916. The normalized spacial score (nSPS) is 12.8. The SMILES string of the molecule is CCOC[C@H](O)CNS(=O)(=O)c1ccc(C(=O)NCCO)cc1. The molecule has 0 aromatic heterocycles. The van der Waals surface area contributed by atoms with Gasteiger partial charge in [-0.15, -0.1) is 0 Å². The molecule has 1 atom stereocenters. The second kappa shape index (κ2) is 9.58. The summed E-state index contributed by atoms with van der Waals surface area (Å²) in [6.45, 7) is 2.03. The zero-order chi connectivity index (χ0) is 17.3. The van der Waals surface area contributed by atoms with E-state index in [0.717, 1.165) is 0 Å². The van der Waals surface area contributed by atoms with Crippen molar-refractivity contribution in [1.29, 1.82) is 0 Å². The summed E-state index contributed by atoms with van der Waals surface area (Å²) in [5, 5.41) is 20.7. The number of hydrogen-bond acceptors (Lipinski definition) is 6. The number of hydrogen-bond donors (Lipinski definition) is 4. The number of rotatable bonds is 10. The lowest BCUT2D eigenvalue weighted by molar-refractivity contribution is 0.0456. The Kier molecular flexibility index (Phi) is 8.13. The molecule has 0 saturated carbocycles. The maximum absolute atomic E-state index is 12.1. The lowest BCUT2D eigenvalue weighted by Crippen LogP contribution is -2.34. The zero-order valence-electron chi connectivity index (χ0n) is 12.9. The van der Waals surface area contributed by atoms with E-state index in [1.807, 2.05) is 0 Å². The minimum absolute atomic E-state index is 0.0141. The second-order valence-electron chi connectivity index (χ2n) is 4.67. The van der Waals surface area contributed by atoms with Crippen molar-refractivity contribution in [2.24, 2.45) is 0 Å². The highest BCUT2D eigenvalue weighted by molar-refractivity contribution is 7.89. The Morgan fingerprint density at radius 3 is 2.52 bits per heavy atom. The third-order valence-electron chi connectivity index (χ3n) is 2.85. The number of nitrogens with one attached hydrogen (secondary N) is 2. The van der Waals surface area contributed by atoms with Crippen LogP contribution >= 0.6 is 0 Å². The molecule has 1 aromatic carbocycles. The highest BCUT2D eigenvalue weighted by Crippen LogP contribution is 2.10. The van der Waals surface area contributed by atoms with E-state index in [0.29, 0.717) is 6.61 Å². The predicted molar refractivity (Wildman–Crippen MR) is 83.5 cm³/mol. The molecule has 0 unspecified atom stereocenters. The first-order chi connectivity index (χ1) is 10.9. The fraction of sp³-hybridized carbons (Fsp3) is 0.500. The molecule has 0 aliphatic rings. The minimum Gasteiger partial charge on any atom is -0.395 e. The number of carbonyl (C=O) groups is 1. The van der Waals surface area contributed by atoms with Crippen LogP contribution in [0.25, 0.3) is 0 Å². The van der Waals surface area contributed by atoms with Gasteiger partial charge in [0.2, 0.25) is 10.0 Å². The van der Waals surface area contributed by atoms with Crippen molar-refractivity contribution in [3.8, 4) is 0 Å². The van der Waals surface area contributed by atoms with Crippen LogP contribution in [0.5, 0.6) is 0 Å². The number of aliphatic hydroxyl groups is 2. The van der Waals surface area contributed by atoms with Gasteiger partial charge in [-0.3, -0.25) is 4.79 Å². The summed E-state index contributed by atoms with van der Waals surface area (Å²) in [5.74, 6) is -0.400. The van der Waals surface area contributed by atoms with Gasteiger partial charge in [-0.25, -0.2) is 13.1 Å². The molecule has 0 bridgehead atoms. The van der Waals surface area contributed by atoms with E-state index in [2.05, 4.69) is 10.0 Å². The van der Waals surface area contributed by atoms with Gasteiger partial charge in [0.05, 0.1) is 24.2 Å². The number of ether oxygens (including phenoxy) is 1. The summed E-state index contributed by atoms with van der Waals surface area (Å²) in [5.41, 5.74) is 0.286. The second-order valence-corrected chi connectivity index (χ2v) is 6.44. The Morgan fingerprint density at radius 2 is 1.96 bits per heavy atom. The van der Waals surface area contributed by atoms with Crippen LogP contribution in [0.1, 0.15) is 17.3 Å². The van der Waals surface area contributed by atoms with Crippen LogP contribution in [0.3, 0.4) is 0 Å². The number of benzene rings is 1. The summed E-state index contributed by atoms with van der Waals surface area (Å²) in [6.07, 6.45) is -0.937. The van der Waals surface area contributed by atoms with Gasteiger partial charge >= 0.3 is 0 Å². The molecule has 0 heterocycles. The van der Waals surface area contributed by atoms with Crippen molar-refractivity contribution in [2.45, 2.75) is 17.9 Å². The quantitative estimate of drug-likeness (QED) is 0.434. The molecule has 1 amide bonds. The fourth-order valence-electron chi connectivity index (χ4n) is 1.66. The lowest BCUT2D eigenvalue weighted by Gasteiger charge is -2.12. The lowest BCUT2D eigenvalue weighted by atomic mass is 10.2. The Balaban J connectivity index is 2.65. The van der Waals surface area contributed by atoms with E-state index in [-0.39, 0.29) is 36.8 Å². The third kappa shape index (κ3) is 6.63. The third-order valence-corrected chi connectivity index (χ3v) is 4.29. The van der Waals surface area contributed by atoms with Gasteiger partial charge in [0.25, 0.3) is 5.91 Å². The molecule has 0 radical (unpaired) electrons. The molecule has 0 spiro atoms. The van der Waals surface area contributed by atoms with E-state index in [4.69, 9.17) is 9.84 Å². The number of sulfonamides is 1. The Bertz CT molecular complexity index is 588. The monoisotopic (exact) mass is 346 g/mol. The maximum atomic E-state index is 12.1. The van der Waals surface area contributed by atoms with Crippen LogP contribution in [0.2, 0.25) is 0 Å². The standard InChI is InChI=1S/C14H22N2O6S/c1-2-22-10-12(18)9-16-23(20,21)13-5-3-11(4-6-13)14(19)15-7-8-17/h3-6,12,16-18H,2,7-10H2,1H3,(H,15,19)/t12-/m1/s1. The largest absolute Gasteiger partial charge is 0.395 e. The average molecular weight is 346 g/mol. The molecular weight excluding hydrogens is 324 g/mol.